The van der Waals surface area contributed by atoms with Crippen LogP contribution >= 0.6 is 11.6 Å². The monoisotopic (exact) mass is 354 g/mol. The number of hydrogen-bond acceptors (Lipinski definition) is 3. The minimum absolute atomic E-state index is 0.0400. The van der Waals surface area contributed by atoms with Crippen molar-refractivity contribution in [2.75, 3.05) is 7.05 Å². The summed E-state index contributed by atoms with van der Waals surface area (Å²) < 4.78 is 1.78. The summed E-state index contributed by atoms with van der Waals surface area (Å²) in [5.41, 5.74) is 4.16. The zero-order chi connectivity index (χ0) is 18.0. The topological polar surface area (TPSA) is 51.0 Å². The Morgan fingerprint density at radius 1 is 1.20 bits per heavy atom. The van der Waals surface area contributed by atoms with E-state index in [1.54, 1.807) is 29.0 Å². The molecule has 2 heterocycles. The number of nitrogens with zero attached hydrogens (tertiary/aromatic N) is 4. The normalized spacial score (nSPS) is 10.7. The molecule has 5 nitrogen and oxygen atoms in total. The second kappa shape index (κ2) is 7.07. The van der Waals surface area contributed by atoms with Gasteiger partial charge in [0, 0.05) is 31.5 Å². The van der Waals surface area contributed by atoms with Crippen LogP contribution in [0.25, 0.3) is 5.69 Å². The number of rotatable bonds is 4. The number of pyridine rings is 1. The Morgan fingerprint density at radius 3 is 2.48 bits per heavy atom. The van der Waals surface area contributed by atoms with Crippen LogP contribution in [0.3, 0.4) is 0 Å². The summed E-state index contributed by atoms with van der Waals surface area (Å²) in [5.74, 6) is -0.0400. The molecule has 0 unspecified atom stereocenters. The van der Waals surface area contributed by atoms with Gasteiger partial charge in [0.1, 0.15) is 0 Å². The maximum atomic E-state index is 12.6. The van der Waals surface area contributed by atoms with E-state index >= 15 is 0 Å². The van der Waals surface area contributed by atoms with Gasteiger partial charge in [-0.2, -0.15) is 5.10 Å². The largest absolute Gasteiger partial charge is 0.337 e. The van der Waals surface area contributed by atoms with E-state index in [4.69, 9.17) is 11.6 Å². The van der Waals surface area contributed by atoms with Gasteiger partial charge in [-0.25, -0.2) is 4.68 Å². The highest BCUT2D eigenvalue weighted by Gasteiger charge is 2.14. The Balaban J connectivity index is 1.77. The van der Waals surface area contributed by atoms with Gasteiger partial charge in [-0.15, -0.1) is 0 Å². The predicted molar refractivity (Wildman–Crippen MR) is 98.1 cm³/mol. The maximum absolute atomic E-state index is 12.6. The highest BCUT2D eigenvalue weighted by Crippen LogP contribution is 2.22. The molecule has 3 aromatic rings. The third kappa shape index (κ3) is 3.56. The molecule has 0 radical (unpaired) electrons. The Labute approximate surface area is 151 Å². The van der Waals surface area contributed by atoms with Crippen molar-refractivity contribution in [2.45, 2.75) is 20.4 Å². The van der Waals surface area contributed by atoms with E-state index in [2.05, 4.69) is 10.1 Å². The standard InChI is InChI=1S/C19H19ClN4O/c1-13-18(20)14(2)24(22-13)17-8-6-16(7-9-17)19(25)23(3)12-15-5-4-10-21-11-15/h4-11H,12H2,1-3H3. The fourth-order valence-corrected chi connectivity index (χ4v) is 2.80. The molecule has 0 spiro atoms. The van der Waals surface area contributed by atoms with Crippen LogP contribution in [0, 0.1) is 13.8 Å². The van der Waals surface area contributed by atoms with Crippen LogP contribution in [-0.4, -0.2) is 32.6 Å². The van der Waals surface area contributed by atoms with E-state index in [1.165, 1.54) is 0 Å². The van der Waals surface area contributed by atoms with Crippen LogP contribution in [0.4, 0.5) is 0 Å². The van der Waals surface area contributed by atoms with E-state index < -0.39 is 0 Å². The summed E-state index contributed by atoms with van der Waals surface area (Å²) >= 11 is 6.20. The molecule has 0 aliphatic heterocycles. The van der Waals surface area contributed by atoms with Crippen LogP contribution in [0.15, 0.2) is 48.8 Å². The lowest BCUT2D eigenvalue weighted by Crippen LogP contribution is -2.26. The molecule has 0 saturated heterocycles. The van der Waals surface area contributed by atoms with Crippen molar-refractivity contribution < 1.29 is 4.79 Å². The lowest BCUT2D eigenvalue weighted by atomic mass is 10.1. The molecule has 0 saturated carbocycles. The minimum atomic E-state index is -0.0400. The van der Waals surface area contributed by atoms with Crippen molar-refractivity contribution in [1.29, 1.82) is 0 Å². The third-order valence-corrected chi connectivity index (χ3v) is 4.60. The van der Waals surface area contributed by atoms with Gasteiger partial charge < -0.3 is 4.90 Å². The first kappa shape index (κ1) is 17.2. The van der Waals surface area contributed by atoms with E-state index in [0.29, 0.717) is 17.1 Å². The molecule has 0 bridgehead atoms. The second-order valence-corrected chi connectivity index (χ2v) is 6.34. The fraction of sp³-hybridized carbons (Fsp3) is 0.211. The Morgan fingerprint density at radius 2 is 1.92 bits per heavy atom. The fourth-order valence-electron chi connectivity index (χ4n) is 2.68. The van der Waals surface area contributed by atoms with Gasteiger partial charge in [0.25, 0.3) is 5.91 Å². The number of benzene rings is 1. The number of carbonyl (C=O) groups is 1. The molecular weight excluding hydrogens is 336 g/mol. The first-order chi connectivity index (χ1) is 12.0. The second-order valence-electron chi connectivity index (χ2n) is 5.97. The molecule has 0 N–H and O–H groups in total. The number of carbonyl (C=O) groups excluding carboxylic acids is 1. The van der Waals surface area contributed by atoms with Gasteiger partial charge in [-0.3, -0.25) is 9.78 Å². The van der Waals surface area contributed by atoms with Crippen LogP contribution in [0.2, 0.25) is 5.02 Å². The van der Waals surface area contributed by atoms with E-state index in [9.17, 15) is 4.79 Å². The van der Waals surface area contributed by atoms with Gasteiger partial charge in [0.05, 0.1) is 22.1 Å². The van der Waals surface area contributed by atoms with Crippen molar-refractivity contribution in [2.24, 2.45) is 0 Å². The molecular formula is C19H19ClN4O. The van der Waals surface area contributed by atoms with Gasteiger partial charge in [0.2, 0.25) is 0 Å². The molecule has 0 aliphatic carbocycles. The molecule has 2 aromatic heterocycles. The van der Waals surface area contributed by atoms with Crippen molar-refractivity contribution >= 4 is 17.5 Å². The molecule has 1 aromatic carbocycles. The van der Waals surface area contributed by atoms with E-state index in [0.717, 1.165) is 22.6 Å². The highest BCUT2D eigenvalue weighted by molar-refractivity contribution is 6.31. The van der Waals surface area contributed by atoms with Crippen molar-refractivity contribution in [3.05, 3.63) is 76.3 Å². The van der Waals surface area contributed by atoms with Crippen molar-refractivity contribution in [3.63, 3.8) is 0 Å². The lowest BCUT2D eigenvalue weighted by Gasteiger charge is -2.17. The SMILES string of the molecule is Cc1nn(-c2ccc(C(=O)N(C)Cc3cccnc3)cc2)c(C)c1Cl. The van der Waals surface area contributed by atoms with Gasteiger partial charge in [-0.05, 0) is 49.7 Å². The summed E-state index contributed by atoms with van der Waals surface area (Å²) in [7, 11) is 1.78. The number of aryl methyl sites for hydroxylation is 1. The zero-order valence-electron chi connectivity index (χ0n) is 14.4. The Hall–Kier alpha value is -2.66. The minimum Gasteiger partial charge on any atom is -0.337 e. The van der Waals surface area contributed by atoms with Gasteiger partial charge in [-0.1, -0.05) is 17.7 Å². The molecule has 25 heavy (non-hydrogen) atoms. The molecule has 1 amide bonds. The van der Waals surface area contributed by atoms with E-state index in [1.807, 2.05) is 50.2 Å². The molecule has 0 aliphatic rings. The lowest BCUT2D eigenvalue weighted by molar-refractivity contribution is 0.0785. The number of halogens is 1. The summed E-state index contributed by atoms with van der Waals surface area (Å²) in [6, 6.07) is 11.2. The molecule has 0 fully saturated rings. The average molecular weight is 355 g/mol. The smallest absolute Gasteiger partial charge is 0.253 e. The Bertz CT molecular complexity index is 888. The third-order valence-electron chi connectivity index (χ3n) is 4.05. The molecule has 128 valence electrons. The summed E-state index contributed by atoms with van der Waals surface area (Å²) in [6.45, 7) is 4.31. The van der Waals surface area contributed by atoms with Gasteiger partial charge >= 0.3 is 0 Å². The predicted octanol–water partition coefficient (Wildman–Crippen LogP) is 3.81. The van der Waals surface area contributed by atoms with Crippen LogP contribution in [-0.2, 0) is 6.54 Å². The summed E-state index contributed by atoms with van der Waals surface area (Å²) in [6.07, 6.45) is 3.48. The molecule has 6 heteroatoms. The van der Waals surface area contributed by atoms with Crippen molar-refractivity contribution in [3.8, 4) is 5.69 Å². The van der Waals surface area contributed by atoms with Gasteiger partial charge in [0.15, 0.2) is 0 Å². The van der Waals surface area contributed by atoms with E-state index in [-0.39, 0.29) is 5.91 Å². The highest BCUT2D eigenvalue weighted by atomic mass is 35.5. The number of aromatic nitrogens is 3. The van der Waals surface area contributed by atoms with Crippen molar-refractivity contribution in [1.82, 2.24) is 19.7 Å². The average Bonchev–Trinajstić information content (AvgIpc) is 2.89. The van der Waals surface area contributed by atoms with Crippen LogP contribution < -0.4 is 0 Å². The maximum Gasteiger partial charge on any atom is 0.253 e. The number of hydrogen-bond donors (Lipinski definition) is 0. The molecule has 0 atom stereocenters. The Kier molecular flexibility index (Phi) is 4.86. The quantitative estimate of drug-likeness (QED) is 0.715. The number of amides is 1. The first-order valence-electron chi connectivity index (χ1n) is 7.94. The van der Waals surface area contributed by atoms with Crippen LogP contribution in [0.1, 0.15) is 27.3 Å². The van der Waals surface area contributed by atoms with Crippen LogP contribution in [0.5, 0.6) is 0 Å². The molecule has 3 rings (SSSR count). The summed E-state index contributed by atoms with van der Waals surface area (Å²) in [4.78, 5) is 18.3. The first-order valence-corrected chi connectivity index (χ1v) is 8.31. The zero-order valence-corrected chi connectivity index (χ0v) is 15.2. The summed E-state index contributed by atoms with van der Waals surface area (Å²) in [5, 5.41) is 5.09.